The van der Waals surface area contributed by atoms with Crippen molar-refractivity contribution < 1.29 is 18.3 Å². The highest BCUT2D eigenvalue weighted by molar-refractivity contribution is 6.30. The first kappa shape index (κ1) is 12.3. The molecule has 0 aliphatic heterocycles. The number of aliphatic hydroxyl groups excluding tert-OH is 1. The summed E-state index contributed by atoms with van der Waals surface area (Å²) in [6.07, 6.45) is -7.34. The Bertz CT molecular complexity index is 349. The van der Waals surface area contributed by atoms with Crippen molar-refractivity contribution in [1.82, 2.24) is 0 Å². The molecule has 0 saturated heterocycles. The molecule has 1 aromatic carbocycles. The molecule has 84 valence electrons. The van der Waals surface area contributed by atoms with E-state index in [1.54, 1.807) is 13.0 Å². The van der Waals surface area contributed by atoms with Gasteiger partial charge in [-0.05, 0) is 30.2 Å². The van der Waals surface area contributed by atoms with Crippen LogP contribution in [0.25, 0.3) is 0 Å². The third kappa shape index (κ3) is 3.39. The molecule has 0 aromatic heterocycles. The van der Waals surface area contributed by atoms with E-state index in [0.29, 0.717) is 16.1 Å². The number of rotatable bonds is 2. The SMILES string of the molecule is Cc1cc(Cl)ccc1CC(O)C(F)(F)F. The predicted octanol–water partition coefficient (Wildman–Crippen LogP) is 3.11. The number of benzene rings is 1. The zero-order valence-corrected chi connectivity index (χ0v) is 8.73. The van der Waals surface area contributed by atoms with Gasteiger partial charge in [-0.2, -0.15) is 13.2 Å². The predicted molar refractivity (Wildman–Crippen MR) is 52.0 cm³/mol. The smallest absolute Gasteiger partial charge is 0.383 e. The van der Waals surface area contributed by atoms with E-state index in [2.05, 4.69) is 0 Å². The van der Waals surface area contributed by atoms with Crippen molar-refractivity contribution in [2.75, 3.05) is 0 Å². The monoisotopic (exact) mass is 238 g/mol. The van der Waals surface area contributed by atoms with Gasteiger partial charge in [0.25, 0.3) is 0 Å². The highest BCUT2D eigenvalue weighted by Crippen LogP contribution is 2.25. The van der Waals surface area contributed by atoms with Gasteiger partial charge in [-0.25, -0.2) is 0 Å². The molecule has 0 aliphatic carbocycles. The average Bonchev–Trinajstić information content (AvgIpc) is 2.08. The van der Waals surface area contributed by atoms with Gasteiger partial charge in [-0.3, -0.25) is 0 Å². The first-order chi connectivity index (χ1) is 6.80. The van der Waals surface area contributed by atoms with Crippen LogP contribution in [0, 0.1) is 6.92 Å². The van der Waals surface area contributed by atoms with Gasteiger partial charge in [0.15, 0.2) is 6.10 Å². The van der Waals surface area contributed by atoms with Crippen molar-refractivity contribution in [3.63, 3.8) is 0 Å². The Labute approximate surface area is 90.5 Å². The van der Waals surface area contributed by atoms with Crippen LogP contribution in [0.2, 0.25) is 5.02 Å². The maximum absolute atomic E-state index is 12.1. The third-order valence-electron chi connectivity index (χ3n) is 2.10. The third-order valence-corrected chi connectivity index (χ3v) is 2.33. The molecule has 0 amide bonds. The van der Waals surface area contributed by atoms with Crippen molar-refractivity contribution in [3.8, 4) is 0 Å². The second kappa shape index (κ2) is 4.41. The van der Waals surface area contributed by atoms with Crippen molar-refractivity contribution >= 4 is 11.6 Å². The normalized spacial score (nSPS) is 14.0. The van der Waals surface area contributed by atoms with Gasteiger partial charge in [0.1, 0.15) is 0 Å². The van der Waals surface area contributed by atoms with Gasteiger partial charge in [-0.1, -0.05) is 17.7 Å². The summed E-state index contributed by atoms with van der Waals surface area (Å²) in [4.78, 5) is 0. The maximum atomic E-state index is 12.1. The number of aliphatic hydroxyl groups is 1. The van der Waals surface area contributed by atoms with E-state index in [-0.39, 0.29) is 0 Å². The molecular formula is C10H10ClF3O. The van der Waals surface area contributed by atoms with Crippen LogP contribution in [-0.4, -0.2) is 17.4 Å². The van der Waals surface area contributed by atoms with Crippen molar-refractivity contribution in [3.05, 3.63) is 34.3 Å². The Morgan fingerprint density at radius 1 is 1.40 bits per heavy atom. The molecule has 1 unspecified atom stereocenters. The standard InChI is InChI=1S/C10H10ClF3O/c1-6-4-8(11)3-2-7(6)5-9(15)10(12,13)14/h2-4,9,15H,5H2,1H3. The Morgan fingerprint density at radius 3 is 2.47 bits per heavy atom. The van der Waals surface area contributed by atoms with Crippen LogP contribution < -0.4 is 0 Å². The summed E-state index contributed by atoms with van der Waals surface area (Å²) in [6.45, 7) is 1.66. The lowest BCUT2D eigenvalue weighted by Crippen LogP contribution is -2.30. The van der Waals surface area contributed by atoms with E-state index in [1.165, 1.54) is 12.1 Å². The van der Waals surface area contributed by atoms with Crippen LogP contribution >= 0.6 is 11.6 Å². The van der Waals surface area contributed by atoms with Crippen LogP contribution in [0.15, 0.2) is 18.2 Å². The van der Waals surface area contributed by atoms with E-state index in [1.807, 2.05) is 0 Å². The minimum Gasteiger partial charge on any atom is -0.383 e. The molecule has 0 aliphatic rings. The van der Waals surface area contributed by atoms with Gasteiger partial charge in [0.05, 0.1) is 0 Å². The molecule has 5 heteroatoms. The molecule has 1 atom stereocenters. The van der Waals surface area contributed by atoms with Crippen LogP contribution in [0.1, 0.15) is 11.1 Å². The number of alkyl halides is 3. The van der Waals surface area contributed by atoms with Crippen molar-refractivity contribution in [2.45, 2.75) is 25.6 Å². The number of aryl methyl sites for hydroxylation is 1. The Kier molecular flexibility index (Phi) is 3.62. The summed E-state index contributed by atoms with van der Waals surface area (Å²) in [7, 11) is 0. The number of halogens is 4. The van der Waals surface area contributed by atoms with Gasteiger partial charge in [0, 0.05) is 11.4 Å². The quantitative estimate of drug-likeness (QED) is 0.839. The molecule has 1 aromatic rings. The van der Waals surface area contributed by atoms with Gasteiger partial charge >= 0.3 is 6.18 Å². The molecule has 0 radical (unpaired) electrons. The molecule has 0 saturated carbocycles. The number of hydrogen-bond donors (Lipinski definition) is 1. The lowest BCUT2D eigenvalue weighted by atomic mass is 10.0. The number of hydrogen-bond acceptors (Lipinski definition) is 1. The Balaban J connectivity index is 2.82. The van der Waals surface area contributed by atoms with E-state index in [4.69, 9.17) is 16.7 Å². The van der Waals surface area contributed by atoms with Crippen LogP contribution in [0.5, 0.6) is 0 Å². The fourth-order valence-corrected chi connectivity index (χ4v) is 1.44. The Morgan fingerprint density at radius 2 is 2.00 bits per heavy atom. The minimum atomic E-state index is -4.58. The average molecular weight is 239 g/mol. The first-order valence-electron chi connectivity index (χ1n) is 4.30. The zero-order chi connectivity index (χ0) is 11.6. The summed E-state index contributed by atoms with van der Waals surface area (Å²) in [5.41, 5.74) is 1.09. The van der Waals surface area contributed by atoms with E-state index >= 15 is 0 Å². The van der Waals surface area contributed by atoms with E-state index < -0.39 is 18.7 Å². The lowest BCUT2D eigenvalue weighted by molar-refractivity contribution is -0.203. The summed E-state index contributed by atoms with van der Waals surface area (Å²) in [6, 6.07) is 4.57. The molecule has 1 nitrogen and oxygen atoms in total. The minimum absolute atomic E-state index is 0.438. The van der Waals surface area contributed by atoms with E-state index in [0.717, 1.165) is 0 Å². The molecule has 1 N–H and O–H groups in total. The summed E-state index contributed by atoms with van der Waals surface area (Å²) < 4.78 is 36.2. The molecule has 1 rings (SSSR count). The molecule has 15 heavy (non-hydrogen) atoms. The summed E-state index contributed by atoms with van der Waals surface area (Å²) in [5, 5.41) is 9.35. The molecule has 0 bridgehead atoms. The molecule has 0 fully saturated rings. The van der Waals surface area contributed by atoms with Crippen molar-refractivity contribution in [2.24, 2.45) is 0 Å². The highest BCUT2D eigenvalue weighted by Gasteiger charge is 2.38. The second-order valence-corrected chi connectivity index (χ2v) is 3.77. The highest BCUT2D eigenvalue weighted by atomic mass is 35.5. The molecular weight excluding hydrogens is 229 g/mol. The maximum Gasteiger partial charge on any atom is 0.414 e. The van der Waals surface area contributed by atoms with E-state index in [9.17, 15) is 13.2 Å². The second-order valence-electron chi connectivity index (χ2n) is 3.33. The first-order valence-corrected chi connectivity index (χ1v) is 4.68. The van der Waals surface area contributed by atoms with Gasteiger partial charge in [-0.15, -0.1) is 0 Å². The lowest BCUT2D eigenvalue weighted by Gasteiger charge is -2.15. The Hall–Kier alpha value is -0.740. The topological polar surface area (TPSA) is 20.2 Å². The molecule has 0 spiro atoms. The van der Waals surface area contributed by atoms with Crippen LogP contribution in [0.4, 0.5) is 13.2 Å². The fourth-order valence-electron chi connectivity index (χ4n) is 1.21. The summed E-state index contributed by atoms with van der Waals surface area (Å²) in [5.74, 6) is 0. The van der Waals surface area contributed by atoms with Crippen LogP contribution in [-0.2, 0) is 6.42 Å². The summed E-state index contributed by atoms with van der Waals surface area (Å²) >= 11 is 5.66. The zero-order valence-electron chi connectivity index (χ0n) is 7.98. The van der Waals surface area contributed by atoms with Gasteiger partial charge in [0.2, 0.25) is 0 Å². The largest absolute Gasteiger partial charge is 0.414 e. The fraction of sp³-hybridized carbons (Fsp3) is 0.400. The van der Waals surface area contributed by atoms with Crippen LogP contribution in [0.3, 0.4) is 0 Å². The molecule has 0 heterocycles. The van der Waals surface area contributed by atoms with Gasteiger partial charge < -0.3 is 5.11 Å². The van der Waals surface area contributed by atoms with Crippen molar-refractivity contribution in [1.29, 1.82) is 0 Å².